The van der Waals surface area contributed by atoms with Gasteiger partial charge >= 0.3 is 5.69 Å². The Morgan fingerprint density at radius 2 is 1.77 bits per heavy atom. The van der Waals surface area contributed by atoms with Crippen molar-refractivity contribution in [2.24, 2.45) is 0 Å². The summed E-state index contributed by atoms with van der Waals surface area (Å²) in [7, 11) is 0. The zero-order valence-corrected chi connectivity index (χ0v) is 16.2. The third-order valence-electron chi connectivity index (χ3n) is 4.50. The van der Waals surface area contributed by atoms with Crippen LogP contribution in [0.2, 0.25) is 0 Å². The molecule has 0 saturated heterocycles. The highest BCUT2D eigenvalue weighted by Gasteiger charge is 2.18. The number of rotatable bonds is 8. The summed E-state index contributed by atoms with van der Waals surface area (Å²) in [6.45, 7) is 2.40. The van der Waals surface area contributed by atoms with E-state index in [4.69, 9.17) is 5.73 Å². The average molecular weight is 407 g/mol. The van der Waals surface area contributed by atoms with Crippen LogP contribution in [0.3, 0.4) is 0 Å². The van der Waals surface area contributed by atoms with E-state index in [1.165, 1.54) is 18.2 Å². The van der Waals surface area contributed by atoms with Gasteiger partial charge in [-0.25, -0.2) is 9.97 Å². The third kappa shape index (κ3) is 4.66. The zero-order chi connectivity index (χ0) is 21.7. The number of aryl methyl sites for hydroxylation is 1. The Labute approximate surface area is 172 Å². The number of aromatic nitrogens is 2. The first-order chi connectivity index (χ1) is 14.4. The maximum atomic E-state index is 11.5. The lowest BCUT2D eigenvalue weighted by atomic mass is 10.0. The van der Waals surface area contributed by atoms with Crippen LogP contribution >= 0.6 is 0 Å². The summed E-state index contributed by atoms with van der Waals surface area (Å²) < 4.78 is 0. The van der Waals surface area contributed by atoms with Gasteiger partial charge in [-0.15, -0.1) is 0 Å². The number of nitrogens with zero attached hydrogens (tertiary/aromatic N) is 4. The fourth-order valence-corrected chi connectivity index (χ4v) is 2.87. The summed E-state index contributed by atoms with van der Waals surface area (Å²) >= 11 is 0. The van der Waals surface area contributed by atoms with Crippen molar-refractivity contribution in [1.82, 2.24) is 9.97 Å². The van der Waals surface area contributed by atoms with E-state index >= 15 is 0 Å². The smallest absolute Gasteiger partial charge is 0.311 e. The number of nitrogen functional groups attached to an aromatic ring is 1. The van der Waals surface area contributed by atoms with E-state index in [1.54, 1.807) is 0 Å². The molecule has 0 saturated carbocycles. The van der Waals surface area contributed by atoms with Gasteiger partial charge in [0.05, 0.1) is 16.0 Å². The first kappa shape index (κ1) is 20.6. The van der Waals surface area contributed by atoms with E-state index < -0.39 is 9.85 Å². The number of nitro groups is 2. The number of pyridine rings is 2. The standard InChI is InChI=1S/C20H19N6O4/c1-2-13-3-5-15(6-4-13)19-17(26(29)30)11-14(12-23-19)9-10-22-18-8-7-16(25(27)28)20(21)24-18/h3-8,11H,2,9-10H2,1H3,(H3,21,22,24). The molecule has 0 aliphatic heterocycles. The third-order valence-corrected chi connectivity index (χ3v) is 4.50. The van der Waals surface area contributed by atoms with Gasteiger partial charge in [0.25, 0.3) is 5.69 Å². The summed E-state index contributed by atoms with van der Waals surface area (Å²) in [5, 5.41) is 25.3. The Bertz CT molecular complexity index is 1090. The second-order valence-electron chi connectivity index (χ2n) is 6.47. The summed E-state index contributed by atoms with van der Waals surface area (Å²) in [5.74, 6) is 0.181. The summed E-state index contributed by atoms with van der Waals surface area (Å²) in [5.41, 5.74) is 7.82. The molecule has 3 N–H and O–H groups in total. The summed E-state index contributed by atoms with van der Waals surface area (Å²) in [6.07, 6.45) is 4.12. The van der Waals surface area contributed by atoms with Crippen molar-refractivity contribution < 1.29 is 9.85 Å². The second kappa shape index (κ2) is 8.95. The number of anilines is 2. The molecule has 3 aromatic rings. The molecule has 0 aliphatic carbocycles. The summed E-state index contributed by atoms with van der Waals surface area (Å²) in [4.78, 5) is 29.4. The lowest BCUT2D eigenvalue weighted by Crippen LogP contribution is -2.09. The first-order valence-electron chi connectivity index (χ1n) is 9.19. The number of benzene rings is 1. The van der Waals surface area contributed by atoms with E-state index in [-0.39, 0.29) is 22.9 Å². The van der Waals surface area contributed by atoms with Gasteiger partial charge in [0, 0.05) is 24.2 Å². The van der Waals surface area contributed by atoms with Gasteiger partial charge in [-0.3, -0.25) is 20.2 Å². The van der Waals surface area contributed by atoms with Crippen molar-refractivity contribution >= 4 is 23.0 Å². The molecular weight excluding hydrogens is 388 g/mol. The van der Waals surface area contributed by atoms with Crippen LogP contribution in [0.25, 0.3) is 11.3 Å². The molecule has 0 fully saturated rings. The van der Waals surface area contributed by atoms with Gasteiger partial charge in [0.1, 0.15) is 11.5 Å². The zero-order valence-electron chi connectivity index (χ0n) is 16.2. The number of nitrogens with two attached hydrogens (primary N) is 1. The van der Waals surface area contributed by atoms with Gasteiger partial charge < -0.3 is 11.1 Å². The molecule has 3 rings (SSSR count). The largest absolute Gasteiger partial charge is 0.378 e. The quantitative estimate of drug-likeness (QED) is 0.425. The molecule has 30 heavy (non-hydrogen) atoms. The number of nitrogens with one attached hydrogen (secondary N) is 1. The fraction of sp³-hybridized carbons (Fsp3) is 0.200. The molecule has 10 nitrogen and oxygen atoms in total. The van der Waals surface area contributed by atoms with Crippen LogP contribution in [0, 0.1) is 26.4 Å². The predicted octanol–water partition coefficient (Wildman–Crippen LogP) is 3.56. The highest BCUT2D eigenvalue weighted by Crippen LogP contribution is 2.29. The van der Waals surface area contributed by atoms with Crippen LogP contribution in [0.4, 0.5) is 23.0 Å². The highest BCUT2D eigenvalue weighted by atomic mass is 16.6. The molecular formula is C20H19N6O4. The maximum Gasteiger partial charge on any atom is 0.311 e. The first-order valence-corrected chi connectivity index (χ1v) is 9.19. The molecule has 2 aromatic heterocycles. The van der Waals surface area contributed by atoms with Crippen molar-refractivity contribution in [1.29, 1.82) is 0 Å². The minimum atomic E-state index is -0.608. The van der Waals surface area contributed by atoms with Gasteiger partial charge in [-0.2, -0.15) is 0 Å². The van der Waals surface area contributed by atoms with Crippen molar-refractivity contribution in [3.63, 3.8) is 0 Å². The van der Waals surface area contributed by atoms with E-state index in [1.807, 2.05) is 31.2 Å². The lowest BCUT2D eigenvalue weighted by Gasteiger charge is -2.08. The molecule has 153 valence electrons. The second-order valence-corrected chi connectivity index (χ2v) is 6.47. The molecule has 0 amide bonds. The molecule has 1 radical (unpaired) electrons. The van der Waals surface area contributed by atoms with Crippen LogP contribution in [0.15, 0.2) is 42.5 Å². The van der Waals surface area contributed by atoms with E-state index in [2.05, 4.69) is 21.5 Å². The SMILES string of the molecule is CCc1ccc(-c2n[c]c(CCNc3ccc([N+](=O)[O-])c(N)n3)cc2[N+](=O)[O-])cc1. The van der Waals surface area contributed by atoms with Gasteiger partial charge in [0.2, 0.25) is 5.82 Å². The van der Waals surface area contributed by atoms with Crippen molar-refractivity contribution in [3.8, 4) is 11.3 Å². The Hall–Kier alpha value is -4.08. The van der Waals surface area contributed by atoms with Crippen molar-refractivity contribution in [3.05, 3.63) is 80.0 Å². The van der Waals surface area contributed by atoms with E-state index in [0.717, 1.165) is 12.0 Å². The normalized spacial score (nSPS) is 10.6. The molecule has 0 aliphatic rings. The lowest BCUT2D eigenvalue weighted by molar-refractivity contribution is -0.384. The Morgan fingerprint density at radius 1 is 1.07 bits per heavy atom. The Morgan fingerprint density at radius 3 is 2.37 bits per heavy atom. The van der Waals surface area contributed by atoms with E-state index in [0.29, 0.717) is 29.9 Å². The average Bonchev–Trinajstić information content (AvgIpc) is 2.73. The van der Waals surface area contributed by atoms with Gasteiger partial charge in [-0.05, 0) is 30.0 Å². The van der Waals surface area contributed by atoms with Crippen molar-refractivity contribution in [2.45, 2.75) is 19.8 Å². The van der Waals surface area contributed by atoms with Gasteiger partial charge in [0.15, 0.2) is 0 Å². The number of hydrogen-bond acceptors (Lipinski definition) is 8. The van der Waals surface area contributed by atoms with Crippen molar-refractivity contribution in [2.75, 3.05) is 17.6 Å². The molecule has 10 heteroatoms. The fourth-order valence-electron chi connectivity index (χ4n) is 2.87. The Kier molecular flexibility index (Phi) is 6.16. The van der Waals surface area contributed by atoms with Crippen LogP contribution in [-0.4, -0.2) is 26.4 Å². The summed E-state index contributed by atoms with van der Waals surface area (Å²) in [6, 6.07) is 11.6. The maximum absolute atomic E-state index is 11.5. The van der Waals surface area contributed by atoms with Gasteiger partial charge in [-0.1, -0.05) is 31.2 Å². The Balaban J connectivity index is 1.72. The number of hydrogen-bond donors (Lipinski definition) is 2. The van der Waals surface area contributed by atoms with Crippen LogP contribution in [-0.2, 0) is 12.8 Å². The van der Waals surface area contributed by atoms with Crippen LogP contribution < -0.4 is 11.1 Å². The molecule has 0 bridgehead atoms. The molecule has 0 atom stereocenters. The monoisotopic (exact) mass is 407 g/mol. The molecule has 0 unspecified atom stereocenters. The molecule has 2 heterocycles. The molecule has 1 aromatic carbocycles. The minimum absolute atomic E-state index is 0.0919. The van der Waals surface area contributed by atoms with Crippen LogP contribution in [0.1, 0.15) is 18.1 Å². The predicted molar refractivity (Wildman–Crippen MR) is 112 cm³/mol. The highest BCUT2D eigenvalue weighted by molar-refractivity contribution is 5.69. The molecule has 0 spiro atoms. The minimum Gasteiger partial charge on any atom is -0.378 e. The topological polar surface area (TPSA) is 150 Å². The van der Waals surface area contributed by atoms with E-state index in [9.17, 15) is 20.2 Å². The van der Waals surface area contributed by atoms with Crippen LogP contribution in [0.5, 0.6) is 0 Å².